The first-order chi connectivity index (χ1) is 34.5. The molecule has 0 amide bonds. The van der Waals surface area contributed by atoms with Crippen molar-refractivity contribution < 1.29 is 13.4 Å². The van der Waals surface area contributed by atoms with Gasteiger partial charge in [0.1, 0.15) is 13.1 Å². The monoisotopic (exact) mass is 1080 g/mol. The number of nitrogens with zero attached hydrogens (tertiary/aromatic N) is 15. The van der Waals surface area contributed by atoms with Gasteiger partial charge in [-0.1, -0.05) is 24.3 Å². The van der Waals surface area contributed by atoms with Crippen LogP contribution in [-0.4, -0.2) is 177 Å². The first-order valence-corrected chi connectivity index (χ1v) is 37.9. The average molecular weight is 1080 g/mol. The summed E-state index contributed by atoms with van der Waals surface area (Å²) in [5.74, 6) is 0. The van der Waals surface area contributed by atoms with E-state index in [-0.39, 0.29) is 0 Å². The second kappa shape index (κ2) is 20.8. The number of hydrogen-bond donors (Lipinski definition) is 1. The van der Waals surface area contributed by atoms with Crippen molar-refractivity contribution >= 4 is 45.2 Å². The second-order valence-electron chi connectivity index (χ2n) is 22.0. The molecular formula is C46H85N16O2P6+. The Morgan fingerprint density at radius 3 is 1.40 bits per heavy atom. The molecule has 390 valence electrons. The van der Waals surface area contributed by atoms with Crippen molar-refractivity contribution in [3.05, 3.63) is 35.4 Å². The maximum absolute atomic E-state index is 7.46. The lowest BCUT2D eigenvalue weighted by Crippen LogP contribution is -2.42. The van der Waals surface area contributed by atoms with E-state index in [2.05, 4.69) is 75.5 Å². The highest BCUT2D eigenvalue weighted by molar-refractivity contribution is 7.84. The smallest absolute Gasteiger partial charge is 0.321 e. The predicted molar refractivity (Wildman–Crippen MR) is 290 cm³/mol. The zero-order valence-corrected chi connectivity index (χ0v) is 47.7. The molecule has 13 rings (SSSR count). The van der Waals surface area contributed by atoms with E-state index in [9.17, 15) is 0 Å². The minimum atomic E-state index is -2.81. The molecule has 24 heteroatoms. The molecule has 1 N–H and O–H groups in total. The fraction of sp³-hybridized carbons (Fsp3) is 0.870. The van der Waals surface area contributed by atoms with Crippen molar-refractivity contribution in [1.29, 1.82) is 0 Å². The summed E-state index contributed by atoms with van der Waals surface area (Å²) >= 11 is 0. The number of hydrogen-bond acceptors (Lipinski definition) is 14. The highest BCUT2D eigenvalue weighted by Gasteiger charge is 2.57. The molecule has 0 aromatic heterocycles. The second-order valence-corrected chi connectivity index (χ2v) is 39.1. The van der Waals surface area contributed by atoms with E-state index in [1.807, 2.05) is 0 Å². The maximum Gasteiger partial charge on any atom is 0.406 e. The molecule has 0 aliphatic carbocycles. The number of benzene rings is 1. The lowest BCUT2D eigenvalue weighted by Gasteiger charge is -2.50. The van der Waals surface area contributed by atoms with E-state index in [0.717, 1.165) is 157 Å². The van der Waals surface area contributed by atoms with E-state index < -0.39 is 45.2 Å². The predicted octanol–water partition coefficient (Wildman–Crippen LogP) is 11.9. The summed E-state index contributed by atoms with van der Waals surface area (Å²) in [5.41, 5.74) is 2.69. The Morgan fingerprint density at radius 1 is 0.429 bits per heavy atom. The lowest BCUT2D eigenvalue weighted by atomic mass is 10.1. The summed E-state index contributed by atoms with van der Waals surface area (Å²) < 4.78 is 74.4. The minimum absolute atomic E-state index is 0.735. The third kappa shape index (κ3) is 8.86. The molecular weight excluding hydrogens is 994 g/mol. The molecule has 12 heterocycles. The van der Waals surface area contributed by atoms with Crippen LogP contribution in [0.25, 0.3) is 0 Å². The highest BCUT2D eigenvalue weighted by atomic mass is 31.3. The Balaban J connectivity index is 0.899. The molecule has 2 spiro atoms. The highest BCUT2D eigenvalue weighted by Crippen LogP contribution is 2.85. The van der Waals surface area contributed by atoms with Crippen LogP contribution < -0.4 is 4.86 Å². The van der Waals surface area contributed by atoms with Crippen LogP contribution in [0, 0.1) is 0 Å². The zero-order chi connectivity index (χ0) is 46.7. The van der Waals surface area contributed by atoms with Crippen molar-refractivity contribution in [1.82, 2.24) is 46.9 Å². The summed E-state index contributed by atoms with van der Waals surface area (Å²) in [6.07, 6.45) is 21.9. The van der Waals surface area contributed by atoms with Gasteiger partial charge in [0, 0.05) is 131 Å². The molecule has 0 radical (unpaired) electrons. The molecule has 0 saturated carbocycles. The van der Waals surface area contributed by atoms with E-state index in [1.54, 1.807) is 0 Å². The fourth-order valence-electron chi connectivity index (χ4n) is 13.7. The number of rotatable bonds is 11. The molecule has 10 saturated heterocycles. The van der Waals surface area contributed by atoms with Gasteiger partial charge in [-0.15, -0.1) is 9.03 Å². The van der Waals surface area contributed by atoms with Crippen molar-refractivity contribution in [2.45, 2.75) is 129 Å². The molecule has 1 aromatic carbocycles. The van der Waals surface area contributed by atoms with Gasteiger partial charge in [0.05, 0.1) is 13.2 Å². The summed E-state index contributed by atoms with van der Waals surface area (Å²) in [5, 5.41) is 0. The molecule has 12 aliphatic rings. The largest absolute Gasteiger partial charge is 0.406 e. The first-order valence-electron chi connectivity index (χ1n) is 28.2. The van der Waals surface area contributed by atoms with Gasteiger partial charge in [0.15, 0.2) is 7.51 Å². The first kappa shape index (κ1) is 49.7. The molecule has 0 bridgehead atoms. The van der Waals surface area contributed by atoms with E-state index in [0.29, 0.717) is 0 Å². The van der Waals surface area contributed by atoms with Crippen LogP contribution in [0.4, 0.5) is 0 Å². The van der Waals surface area contributed by atoms with Gasteiger partial charge in [-0.2, -0.15) is 23.1 Å². The summed E-state index contributed by atoms with van der Waals surface area (Å²) in [4.78, 5) is 4.52. The summed E-state index contributed by atoms with van der Waals surface area (Å²) in [6, 6.07) is 9.62. The maximum atomic E-state index is 7.46. The van der Waals surface area contributed by atoms with Crippen LogP contribution in [0.1, 0.15) is 127 Å². The van der Waals surface area contributed by atoms with Crippen molar-refractivity contribution in [3.8, 4) is 0 Å². The zero-order valence-electron chi connectivity index (χ0n) is 42.3. The van der Waals surface area contributed by atoms with Crippen LogP contribution in [0.15, 0.2) is 46.8 Å². The normalized spacial score (nSPS) is 36.3. The number of nitrogens with one attached hydrogen (secondary N) is 1. The van der Waals surface area contributed by atoms with Gasteiger partial charge < -0.3 is 9.05 Å². The Hall–Kier alpha value is 0.120. The Kier molecular flexibility index (Phi) is 14.8. The summed E-state index contributed by atoms with van der Waals surface area (Å²) in [7, 11) is -15.2. The Morgan fingerprint density at radius 2 is 0.871 bits per heavy atom. The molecule has 1 aromatic rings. The summed E-state index contributed by atoms with van der Waals surface area (Å²) in [6.45, 7) is 22.7. The van der Waals surface area contributed by atoms with Crippen LogP contribution in [-0.2, 0) is 22.1 Å². The van der Waals surface area contributed by atoms with E-state index >= 15 is 0 Å². The topological polar surface area (TPSA) is 124 Å². The van der Waals surface area contributed by atoms with Crippen molar-refractivity contribution in [2.75, 3.05) is 131 Å². The molecule has 0 unspecified atom stereocenters. The SMILES string of the molecule is c1cc(CN2CCCO[P@]23=NP(N2CCCC2)(N2CCCC2)=NP(N2CCCC2)(N2CCCC2)=N3)cc(CN2CCCO[P@@]23=N[P@](N2CCCC2)(=[N+]2CCCC2)N=P(N2CCCC2)(N2CCCC2)N3)c1. The average Bonchev–Trinajstić information content (AvgIpc) is 4.25. The third-order valence-electron chi connectivity index (χ3n) is 17.3. The van der Waals surface area contributed by atoms with E-state index in [1.165, 1.54) is 114 Å². The van der Waals surface area contributed by atoms with Crippen LogP contribution >= 0.6 is 45.2 Å². The Labute approximate surface area is 421 Å². The third-order valence-corrected chi connectivity index (χ3v) is 41.6. The van der Waals surface area contributed by atoms with Crippen LogP contribution in [0.2, 0.25) is 0 Å². The lowest BCUT2D eigenvalue weighted by molar-refractivity contribution is -0.489. The standard InChI is InChI=1S/C46H85N16O2P6/c1-2-23-53(22-1)65(54-24-3-4-25-54)47-66(55-26-5-6-27-55,56-28-7-8-29-56)50-69(49-65)61(38-18-40-63-69)43-45-20-17-21-46(42-45)44-62-39-19-41-64-70(62)51-67(57-30-9-10-31-57,58-32-11-12-33-58)48-68(52-70,59-34-13-14-35-59)60-36-15-16-37-60/h17,20-21,42,49H,1-16,18-19,22-41,43-44H2/q+1/t69-/m0/s1. The van der Waals surface area contributed by atoms with Gasteiger partial charge in [-0.05, 0) is 114 Å². The Bertz CT molecular complexity index is 2340. The van der Waals surface area contributed by atoms with Gasteiger partial charge in [-0.25, -0.2) is 41.7 Å². The van der Waals surface area contributed by atoms with Gasteiger partial charge in [-0.3, -0.25) is 0 Å². The van der Waals surface area contributed by atoms with Gasteiger partial charge in [0.25, 0.3) is 7.58 Å². The molecule has 70 heavy (non-hydrogen) atoms. The molecule has 10 fully saturated rings. The molecule has 3 atom stereocenters. The quantitative estimate of drug-likeness (QED) is 0.212. The van der Waals surface area contributed by atoms with Crippen molar-refractivity contribution in [2.24, 2.45) is 22.6 Å². The van der Waals surface area contributed by atoms with Crippen LogP contribution in [0.3, 0.4) is 0 Å². The molecule has 18 nitrogen and oxygen atoms in total. The fourth-order valence-corrected chi connectivity index (χ4v) is 45.2. The van der Waals surface area contributed by atoms with Crippen LogP contribution in [0.5, 0.6) is 0 Å². The van der Waals surface area contributed by atoms with Crippen molar-refractivity contribution in [3.63, 3.8) is 0 Å². The van der Waals surface area contributed by atoms with Gasteiger partial charge in [0.2, 0.25) is 22.6 Å². The van der Waals surface area contributed by atoms with Gasteiger partial charge >= 0.3 is 7.51 Å². The minimum Gasteiger partial charge on any atom is -0.321 e. The van der Waals surface area contributed by atoms with E-state index in [4.69, 9.17) is 31.6 Å². The molecule has 12 aliphatic heterocycles.